The first-order valence-corrected chi connectivity index (χ1v) is 14.0. The van der Waals surface area contributed by atoms with Crippen molar-refractivity contribution in [1.82, 2.24) is 29.9 Å². The van der Waals surface area contributed by atoms with E-state index in [0.717, 1.165) is 43.5 Å². The van der Waals surface area contributed by atoms with E-state index in [0.29, 0.717) is 23.8 Å². The summed E-state index contributed by atoms with van der Waals surface area (Å²) in [4.78, 5) is 7.19. The van der Waals surface area contributed by atoms with Crippen LogP contribution in [-0.4, -0.2) is 49.0 Å². The van der Waals surface area contributed by atoms with Crippen molar-refractivity contribution in [2.24, 2.45) is 0 Å². The Labute approximate surface area is 235 Å². The van der Waals surface area contributed by atoms with E-state index in [1.54, 1.807) is 4.68 Å². The molecular weight excluding hydrogens is 508 g/mol. The monoisotopic (exact) mass is 542 g/mol. The topological polar surface area (TPSA) is 97.8 Å². The van der Waals surface area contributed by atoms with Gasteiger partial charge in [0.05, 0.1) is 5.69 Å². The van der Waals surface area contributed by atoms with Crippen molar-refractivity contribution in [1.29, 1.82) is 0 Å². The minimum atomic E-state index is 0. The lowest BCUT2D eigenvalue weighted by Crippen LogP contribution is -2.32. The van der Waals surface area contributed by atoms with Gasteiger partial charge >= 0.3 is 0 Å². The van der Waals surface area contributed by atoms with Crippen molar-refractivity contribution in [3.8, 4) is 17.1 Å². The normalized spacial score (nSPS) is 18.7. The Balaban J connectivity index is 0.00000277. The third kappa shape index (κ3) is 5.11. The number of nitrogen functional groups attached to an aromatic ring is 1. The Hall–Kier alpha value is -3.49. The Morgan fingerprint density at radius 1 is 0.795 bits per heavy atom. The molecule has 0 saturated carbocycles. The van der Waals surface area contributed by atoms with Crippen LogP contribution in [0.25, 0.3) is 17.1 Å². The first-order chi connectivity index (χ1) is 18.7. The van der Waals surface area contributed by atoms with Crippen LogP contribution in [0.4, 0.5) is 17.6 Å². The average molecular weight is 543 g/mol. The molecule has 8 nitrogen and oxygen atoms in total. The van der Waals surface area contributed by atoms with Crippen LogP contribution in [0.3, 0.4) is 0 Å². The van der Waals surface area contributed by atoms with Gasteiger partial charge in [-0.3, -0.25) is 0 Å². The maximum Gasteiger partial charge on any atom is 0.248 e. The second-order valence-corrected chi connectivity index (χ2v) is 10.9. The zero-order valence-electron chi connectivity index (χ0n) is 22.1. The van der Waals surface area contributed by atoms with Crippen LogP contribution in [0.2, 0.25) is 0 Å². The number of halogens is 1. The molecule has 2 aliphatic carbocycles. The number of hydrogen-bond acceptors (Lipinski definition) is 7. The van der Waals surface area contributed by atoms with Gasteiger partial charge in [-0.1, -0.05) is 30.3 Å². The van der Waals surface area contributed by atoms with E-state index in [1.165, 1.54) is 66.6 Å². The summed E-state index contributed by atoms with van der Waals surface area (Å²) >= 11 is 0. The fourth-order valence-electron chi connectivity index (χ4n) is 6.49. The molecule has 2 aromatic heterocycles. The van der Waals surface area contributed by atoms with Gasteiger partial charge in [0.15, 0.2) is 5.82 Å². The smallest absolute Gasteiger partial charge is 0.248 e. The molecule has 1 atom stereocenters. The van der Waals surface area contributed by atoms with Gasteiger partial charge in [0, 0.05) is 17.3 Å². The van der Waals surface area contributed by atoms with Crippen LogP contribution in [0.1, 0.15) is 54.4 Å². The van der Waals surface area contributed by atoms with Crippen molar-refractivity contribution in [3.05, 3.63) is 70.8 Å². The maximum absolute atomic E-state index is 6.29. The molecule has 0 unspecified atom stereocenters. The van der Waals surface area contributed by atoms with E-state index in [4.69, 9.17) is 5.73 Å². The first-order valence-electron chi connectivity index (χ1n) is 14.0. The van der Waals surface area contributed by atoms with E-state index in [9.17, 15) is 0 Å². The molecule has 0 spiro atoms. The summed E-state index contributed by atoms with van der Waals surface area (Å²) in [6.07, 6.45) is 10.5. The summed E-state index contributed by atoms with van der Waals surface area (Å²) in [6, 6.07) is 17.9. The molecule has 0 bridgehead atoms. The number of benzene rings is 2. The number of hydrogen-bond donors (Lipinski definition) is 2. The predicted molar refractivity (Wildman–Crippen MR) is 157 cm³/mol. The zero-order valence-corrected chi connectivity index (χ0v) is 23.0. The molecule has 3 heterocycles. The van der Waals surface area contributed by atoms with Crippen molar-refractivity contribution in [2.75, 3.05) is 24.1 Å². The van der Waals surface area contributed by atoms with Gasteiger partial charge < -0.3 is 16.0 Å². The highest BCUT2D eigenvalue weighted by molar-refractivity contribution is 5.85. The number of aryl methyl sites for hydroxylation is 4. The molecule has 1 aliphatic heterocycles. The minimum absolute atomic E-state index is 0. The van der Waals surface area contributed by atoms with Crippen LogP contribution in [0, 0.1) is 0 Å². The molecule has 0 amide bonds. The van der Waals surface area contributed by atoms with Crippen LogP contribution < -0.4 is 11.1 Å². The Bertz CT molecular complexity index is 1480. The van der Waals surface area contributed by atoms with E-state index in [1.807, 2.05) is 0 Å². The quantitative estimate of drug-likeness (QED) is 0.337. The van der Waals surface area contributed by atoms with Crippen LogP contribution in [0.5, 0.6) is 0 Å². The summed E-state index contributed by atoms with van der Waals surface area (Å²) in [5.74, 6) is 1.35. The summed E-state index contributed by atoms with van der Waals surface area (Å²) in [5, 5.41) is 17.1. The minimum Gasteiger partial charge on any atom is -0.368 e. The zero-order chi connectivity index (χ0) is 25.5. The highest BCUT2D eigenvalue weighted by atomic mass is 35.5. The first kappa shape index (κ1) is 25.8. The molecule has 7 rings (SSSR count). The van der Waals surface area contributed by atoms with Crippen LogP contribution in [-0.2, 0) is 25.7 Å². The summed E-state index contributed by atoms with van der Waals surface area (Å²) in [6.45, 7) is 2.54. The van der Waals surface area contributed by atoms with Crippen LogP contribution >= 0.6 is 12.4 Å². The van der Waals surface area contributed by atoms with E-state index < -0.39 is 0 Å². The fourth-order valence-corrected chi connectivity index (χ4v) is 6.49. The second-order valence-electron chi connectivity index (χ2n) is 10.9. The number of fused-ring (bicyclic) bond motifs is 4. The standard InChI is InChI=1S/C30H34N8.ClH/c31-29-33-30(32-24-13-10-20-11-14-25(15-12-22(20)18-24)37-16-3-4-17-37)36-38(29)27-19-23-8-5-7-21-6-1-2-9-26(21)28(23)35-34-27;/h1-2,6,9-10,13,18-19,25H,3-5,7-8,11-12,14-17H2,(H3,31,32,33,36);1H/t25-;/m0./s1. The maximum atomic E-state index is 6.29. The number of rotatable bonds is 4. The Morgan fingerprint density at radius 3 is 2.46 bits per heavy atom. The number of nitrogens with one attached hydrogen (secondary N) is 1. The average Bonchev–Trinajstić information content (AvgIpc) is 3.49. The van der Waals surface area contributed by atoms with Crippen molar-refractivity contribution >= 4 is 30.0 Å². The fraction of sp³-hybridized carbons (Fsp3) is 0.400. The largest absolute Gasteiger partial charge is 0.368 e. The summed E-state index contributed by atoms with van der Waals surface area (Å²) < 4.78 is 1.58. The van der Waals surface area contributed by atoms with Crippen LogP contribution in [0.15, 0.2) is 48.5 Å². The lowest BCUT2D eigenvalue weighted by molar-refractivity contribution is 0.222. The molecular formula is C30H35ClN8. The number of likely N-dealkylation sites (tertiary alicyclic amines) is 1. The second kappa shape index (κ2) is 10.9. The van der Waals surface area contributed by atoms with Gasteiger partial charge in [0.1, 0.15) is 0 Å². The lowest BCUT2D eigenvalue weighted by Gasteiger charge is -2.25. The van der Waals surface area contributed by atoms with E-state index in [-0.39, 0.29) is 12.4 Å². The molecule has 3 aliphatic rings. The summed E-state index contributed by atoms with van der Waals surface area (Å²) in [5.41, 5.74) is 14.8. The number of nitrogens with zero attached hydrogens (tertiary/aromatic N) is 6. The molecule has 39 heavy (non-hydrogen) atoms. The molecule has 4 aromatic rings. The Kier molecular flexibility index (Phi) is 7.23. The molecule has 202 valence electrons. The third-order valence-electron chi connectivity index (χ3n) is 8.49. The Morgan fingerprint density at radius 2 is 1.59 bits per heavy atom. The van der Waals surface area contributed by atoms with E-state index >= 15 is 0 Å². The van der Waals surface area contributed by atoms with Gasteiger partial charge in [-0.15, -0.1) is 27.7 Å². The van der Waals surface area contributed by atoms with E-state index in [2.05, 4.69) is 79.0 Å². The molecule has 9 heteroatoms. The van der Waals surface area contributed by atoms with Gasteiger partial charge in [-0.2, -0.15) is 9.67 Å². The predicted octanol–water partition coefficient (Wildman–Crippen LogP) is 5.30. The van der Waals surface area contributed by atoms with Gasteiger partial charge in [-0.05, 0) is 111 Å². The molecule has 1 saturated heterocycles. The SMILES string of the molecule is Cl.Nc1nc(Nc2ccc3c(c2)CC[C@@H](N2CCCC2)CC3)nn1-c1cc2c(nn1)-c1ccccc1CCC2. The molecule has 3 N–H and O–H groups in total. The molecule has 0 radical (unpaired) electrons. The van der Waals surface area contributed by atoms with Gasteiger partial charge in [-0.25, -0.2) is 0 Å². The van der Waals surface area contributed by atoms with Crippen molar-refractivity contribution in [3.63, 3.8) is 0 Å². The van der Waals surface area contributed by atoms with Crippen molar-refractivity contribution in [2.45, 2.75) is 63.8 Å². The van der Waals surface area contributed by atoms with Crippen molar-refractivity contribution < 1.29 is 0 Å². The number of anilines is 3. The molecule has 2 aromatic carbocycles. The lowest BCUT2D eigenvalue weighted by atomic mass is 10.0. The summed E-state index contributed by atoms with van der Waals surface area (Å²) in [7, 11) is 0. The highest BCUT2D eigenvalue weighted by Crippen LogP contribution is 2.32. The third-order valence-corrected chi connectivity index (χ3v) is 8.49. The highest BCUT2D eigenvalue weighted by Gasteiger charge is 2.25. The number of nitrogens with two attached hydrogens (primary N) is 1. The number of aromatic nitrogens is 5. The van der Waals surface area contributed by atoms with Gasteiger partial charge in [0.2, 0.25) is 11.9 Å². The molecule has 1 fully saturated rings. The van der Waals surface area contributed by atoms with Gasteiger partial charge in [0.25, 0.3) is 0 Å².